The van der Waals surface area contributed by atoms with Crippen molar-refractivity contribution in [1.29, 1.82) is 0 Å². The van der Waals surface area contributed by atoms with Crippen molar-refractivity contribution in [2.75, 3.05) is 18.0 Å². The second-order valence-electron chi connectivity index (χ2n) is 8.20. The average Bonchev–Trinajstić information content (AvgIpc) is 3.24. The maximum absolute atomic E-state index is 4.66. The number of hydrogen-bond acceptors (Lipinski definition) is 6. The lowest BCUT2D eigenvalue weighted by Gasteiger charge is -2.33. The van der Waals surface area contributed by atoms with Crippen LogP contribution in [0.1, 0.15) is 24.0 Å². The molecule has 1 aliphatic heterocycles. The molecule has 0 amide bonds. The van der Waals surface area contributed by atoms with Crippen LogP contribution in [0.5, 0.6) is 0 Å². The van der Waals surface area contributed by atoms with Crippen LogP contribution in [-0.2, 0) is 13.6 Å². The van der Waals surface area contributed by atoms with Crippen molar-refractivity contribution >= 4 is 16.6 Å². The molecule has 1 saturated heterocycles. The Labute approximate surface area is 182 Å². The highest BCUT2D eigenvalue weighted by Gasteiger charge is 2.23. The minimum atomic E-state index is 0.504. The van der Waals surface area contributed by atoms with Crippen LogP contribution in [0.25, 0.3) is 22.2 Å². The zero-order valence-corrected chi connectivity index (χ0v) is 18.0. The van der Waals surface area contributed by atoms with Crippen LogP contribution in [0, 0.1) is 6.92 Å². The molecule has 1 aromatic carbocycles. The van der Waals surface area contributed by atoms with Crippen molar-refractivity contribution in [1.82, 2.24) is 30.3 Å². The predicted molar refractivity (Wildman–Crippen MR) is 123 cm³/mol. The Hall–Kier alpha value is -3.32. The minimum Gasteiger partial charge on any atom is -0.354 e. The third kappa shape index (κ3) is 3.88. The maximum atomic E-state index is 4.66. The molecular formula is C24H27N7. The van der Waals surface area contributed by atoms with Gasteiger partial charge in [-0.15, -0.1) is 10.2 Å². The van der Waals surface area contributed by atoms with Gasteiger partial charge in [-0.2, -0.15) is 5.10 Å². The molecule has 7 heteroatoms. The summed E-state index contributed by atoms with van der Waals surface area (Å²) in [5.74, 6) is 0.975. The molecule has 1 aliphatic rings. The molecule has 1 fully saturated rings. The van der Waals surface area contributed by atoms with Crippen molar-refractivity contribution in [3.8, 4) is 11.4 Å². The van der Waals surface area contributed by atoms with Gasteiger partial charge in [0, 0.05) is 62.1 Å². The first-order valence-corrected chi connectivity index (χ1v) is 10.8. The fourth-order valence-corrected chi connectivity index (χ4v) is 4.35. The van der Waals surface area contributed by atoms with Crippen LogP contribution in [0.3, 0.4) is 0 Å². The molecule has 1 N–H and O–H groups in total. The molecule has 0 spiro atoms. The van der Waals surface area contributed by atoms with Crippen molar-refractivity contribution in [3.05, 3.63) is 66.1 Å². The van der Waals surface area contributed by atoms with Gasteiger partial charge in [0.25, 0.3) is 0 Å². The number of nitrogens with zero attached hydrogens (tertiary/aromatic N) is 6. The molecule has 31 heavy (non-hydrogen) atoms. The first-order chi connectivity index (χ1) is 15.2. The SMILES string of the molecule is Cc1ccncc1CNC1CCN(c2nnc(-c3ccnn3C)c3ccccc23)CC1. The molecule has 0 aliphatic carbocycles. The highest BCUT2D eigenvalue weighted by atomic mass is 15.3. The summed E-state index contributed by atoms with van der Waals surface area (Å²) in [6, 6.07) is 13.0. The highest BCUT2D eigenvalue weighted by Crippen LogP contribution is 2.32. The van der Waals surface area contributed by atoms with Crippen molar-refractivity contribution in [2.45, 2.75) is 32.4 Å². The third-order valence-corrected chi connectivity index (χ3v) is 6.25. The van der Waals surface area contributed by atoms with E-state index in [0.717, 1.165) is 60.5 Å². The molecule has 3 aromatic heterocycles. The first-order valence-electron chi connectivity index (χ1n) is 10.8. The molecule has 7 nitrogen and oxygen atoms in total. The van der Waals surface area contributed by atoms with Gasteiger partial charge in [-0.05, 0) is 43.0 Å². The van der Waals surface area contributed by atoms with Crippen LogP contribution >= 0.6 is 0 Å². The molecule has 4 aromatic rings. The summed E-state index contributed by atoms with van der Waals surface area (Å²) in [6.07, 6.45) is 7.77. The number of hydrogen-bond donors (Lipinski definition) is 1. The van der Waals surface area contributed by atoms with Crippen molar-refractivity contribution in [3.63, 3.8) is 0 Å². The van der Waals surface area contributed by atoms with Gasteiger partial charge in [-0.3, -0.25) is 9.67 Å². The van der Waals surface area contributed by atoms with E-state index in [1.807, 2.05) is 30.2 Å². The smallest absolute Gasteiger partial charge is 0.159 e. The molecule has 0 bridgehead atoms. The number of aromatic nitrogens is 5. The van der Waals surface area contributed by atoms with Crippen LogP contribution in [0.15, 0.2) is 55.0 Å². The van der Waals surface area contributed by atoms with Gasteiger partial charge in [-0.1, -0.05) is 24.3 Å². The van der Waals surface area contributed by atoms with Gasteiger partial charge in [0.2, 0.25) is 0 Å². The van der Waals surface area contributed by atoms with E-state index in [9.17, 15) is 0 Å². The number of anilines is 1. The van der Waals surface area contributed by atoms with Crippen LogP contribution in [-0.4, -0.2) is 44.1 Å². The summed E-state index contributed by atoms with van der Waals surface area (Å²) in [5, 5.41) is 19.5. The van der Waals surface area contributed by atoms with Gasteiger partial charge in [0.1, 0.15) is 5.69 Å². The number of pyridine rings is 1. The Morgan fingerprint density at radius 1 is 1.00 bits per heavy atom. The Bertz CT molecular complexity index is 1190. The lowest BCUT2D eigenvalue weighted by atomic mass is 10.0. The van der Waals surface area contributed by atoms with Crippen LogP contribution in [0.4, 0.5) is 5.82 Å². The van der Waals surface area contributed by atoms with Crippen molar-refractivity contribution < 1.29 is 0 Å². The minimum absolute atomic E-state index is 0.504. The van der Waals surface area contributed by atoms with Gasteiger partial charge in [0.05, 0.1) is 5.69 Å². The summed E-state index contributed by atoms with van der Waals surface area (Å²) in [4.78, 5) is 6.62. The van der Waals surface area contributed by atoms with E-state index in [1.165, 1.54) is 11.1 Å². The number of aryl methyl sites for hydroxylation is 2. The molecule has 158 valence electrons. The van der Waals surface area contributed by atoms with E-state index in [0.29, 0.717) is 6.04 Å². The van der Waals surface area contributed by atoms with E-state index in [2.05, 4.69) is 67.8 Å². The van der Waals surface area contributed by atoms with E-state index < -0.39 is 0 Å². The highest BCUT2D eigenvalue weighted by molar-refractivity contribution is 5.99. The monoisotopic (exact) mass is 413 g/mol. The Balaban J connectivity index is 1.32. The summed E-state index contributed by atoms with van der Waals surface area (Å²) >= 11 is 0. The van der Waals surface area contributed by atoms with E-state index >= 15 is 0 Å². The van der Waals surface area contributed by atoms with Crippen molar-refractivity contribution in [2.24, 2.45) is 7.05 Å². The van der Waals surface area contributed by atoms with E-state index in [-0.39, 0.29) is 0 Å². The third-order valence-electron chi connectivity index (χ3n) is 6.25. The van der Waals surface area contributed by atoms with E-state index in [1.54, 1.807) is 6.20 Å². The Kier molecular flexibility index (Phi) is 5.34. The van der Waals surface area contributed by atoms with Gasteiger partial charge >= 0.3 is 0 Å². The summed E-state index contributed by atoms with van der Waals surface area (Å²) in [5.41, 5.74) is 4.41. The molecule has 5 rings (SSSR count). The standard InChI is InChI=1S/C24H27N7/c1-17-7-11-25-15-18(17)16-26-19-9-13-31(14-10-19)24-21-6-4-3-5-20(21)23(28-29-24)22-8-12-27-30(22)2/h3-8,11-12,15,19,26H,9-10,13-14,16H2,1-2H3. The van der Waals surface area contributed by atoms with Gasteiger partial charge in [-0.25, -0.2) is 0 Å². The normalized spacial score (nSPS) is 15.0. The fraction of sp³-hybridized carbons (Fsp3) is 0.333. The number of fused-ring (bicyclic) bond motifs is 1. The number of benzene rings is 1. The fourth-order valence-electron chi connectivity index (χ4n) is 4.35. The molecule has 0 saturated carbocycles. The molecule has 0 unspecified atom stereocenters. The second kappa shape index (κ2) is 8.43. The largest absolute Gasteiger partial charge is 0.354 e. The summed E-state index contributed by atoms with van der Waals surface area (Å²) in [6.45, 7) is 4.94. The molecule has 0 atom stereocenters. The van der Waals surface area contributed by atoms with Crippen LogP contribution < -0.4 is 10.2 Å². The topological polar surface area (TPSA) is 71.8 Å². The van der Waals surface area contributed by atoms with E-state index in [4.69, 9.17) is 0 Å². The first kappa shape index (κ1) is 19.6. The number of piperidine rings is 1. The lowest BCUT2D eigenvalue weighted by Crippen LogP contribution is -2.42. The zero-order valence-electron chi connectivity index (χ0n) is 18.0. The second-order valence-corrected chi connectivity index (χ2v) is 8.20. The molecule has 0 radical (unpaired) electrons. The predicted octanol–water partition coefficient (Wildman–Crippen LogP) is 3.49. The van der Waals surface area contributed by atoms with Gasteiger partial charge < -0.3 is 10.2 Å². The van der Waals surface area contributed by atoms with Gasteiger partial charge in [0.15, 0.2) is 5.82 Å². The summed E-state index contributed by atoms with van der Waals surface area (Å²) < 4.78 is 1.84. The quantitative estimate of drug-likeness (QED) is 0.540. The molecule has 4 heterocycles. The Morgan fingerprint density at radius 3 is 2.55 bits per heavy atom. The number of rotatable bonds is 5. The number of nitrogens with one attached hydrogen (secondary N) is 1. The zero-order chi connectivity index (χ0) is 21.2. The lowest BCUT2D eigenvalue weighted by molar-refractivity contribution is 0.412. The summed E-state index contributed by atoms with van der Waals surface area (Å²) in [7, 11) is 1.93. The van der Waals surface area contributed by atoms with Crippen LogP contribution in [0.2, 0.25) is 0 Å². The Morgan fingerprint density at radius 2 is 1.81 bits per heavy atom. The molecular weight excluding hydrogens is 386 g/mol. The average molecular weight is 414 g/mol. The maximum Gasteiger partial charge on any atom is 0.159 e.